The van der Waals surface area contributed by atoms with Crippen LogP contribution in [0.4, 0.5) is 0 Å². The zero-order valence-electron chi connectivity index (χ0n) is 10.2. The van der Waals surface area contributed by atoms with Crippen LogP contribution in [0.5, 0.6) is 0 Å². The molecule has 3 nitrogen and oxygen atoms in total. The van der Waals surface area contributed by atoms with E-state index < -0.39 is 9.84 Å². The van der Waals surface area contributed by atoms with Gasteiger partial charge in [0.25, 0.3) is 0 Å². The summed E-state index contributed by atoms with van der Waals surface area (Å²) in [5, 5.41) is 1.23. The fraction of sp³-hybridized carbons (Fsp3) is 0.429. The summed E-state index contributed by atoms with van der Waals surface area (Å²) in [6.07, 6.45) is 4.74. The lowest BCUT2D eigenvalue weighted by Crippen LogP contribution is -2.05. The summed E-state index contributed by atoms with van der Waals surface area (Å²) < 4.78 is 22.8. The van der Waals surface area contributed by atoms with Crippen molar-refractivity contribution in [1.82, 2.24) is 4.98 Å². The van der Waals surface area contributed by atoms with E-state index in [4.69, 9.17) is 0 Å². The standard InChI is InChI=1S/C14H17NO2S/c16-18(17)8-6-12(10-18)2-1-11-3-4-14-13(9-11)5-7-15-14/h3-5,7,9,12,15H,1-2,6,8,10H2/t12-/m0/s1. The molecular formula is C14H17NO2S. The van der Waals surface area contributed by atoms with Crippen LogP contribution in [0.1, 0.15) is 18.4 Å². The molecule has 1 atom stereocenters. The van der Waals surface area contributed by atoms with Crippen LogP contribution in [0.25, 0.3) is 10.9 Å². The first-order valence-electron chi connectivity index (χ1n) is 6.39. The molecule has 3 rings (SSSR count). The summed E-state index contributed by atoms with van der Waals surface area (Å²) in [4.78, 5) is 3.18. The van der Waals surface area contributed by atoms with Gasteiger partial charge >= 0.3 is 0 Å². The van der Waals surface area contributed by atoms with Gasteiger partial charge in [0.05, 0.1) is 11.5 Å². The third-order valence-electron chi connectivity index (χ3n) is 3.79. The second-order valence-electron chi connectivity index (χ2n) is 5.21. The van der Waals surface area contributed by atoms with Gasteiger partial charge in [0.15, 0.2) is 9.84 Å². The molecule has 0 radical (unpaired) electrons. The van der Waals surface area contributed by atoms with Crippen molar-refractivity contribution in [3.63, 3.8) is 0 Å². The van der Waals surface area contributed by atoms with Gasteiger partial charge < -0.3 is 4.98 Å². The van der Waals surface area contributed by atoms with Crippen LogP contribution in [0.3, 0.4) is 0 Å². The van der Waals surface area contributed by atoms with Crippen LogP contribution >= 0.6 is 0 Å². The molecule has 1 fully saturated rings. The monoisotopic (exact) mass is 263 g/mol. The summed E-state index contributed by atoms with van der Waals surface area (Å²) in [7, 11) is -2.73. The Kier molecular flexibility index (Phi) is 2.90. The van der Waals surface area contributed by atoms with Gasteiger partial charge in [-0.3, -0.25) is 0 Å². The molecule has 1 aliphatic heterocycles. The van der Waals surface area contributed by atoms with Crippen molar-refractivity contribution < 1.29 is 8.42 Å². The molecule has 0 unspecified atom stereocenters. The van der Waals surface area contributed by atoms with E-state index in [1.54, 1.807) is 0 Å². The largest absolute Gasteiger partial charge is 0.361 e. The molecule has 18 heavy (non-hydrogen) atoms. The number of aromatic amines is 1. The lowest BCUT2D eigenvalue weighted by atomic mass is 9.98. The Labute approximate surface area is 107 Å². The average molecular weight is 263 g/mol. The molecule has 0 aliphatic carbocycles. The molecule has 0 amide bonds. The van der Waals surface area contributed by atoms with Gasteiger partial charge in [0.1, 0.15) is 0 Å². The molecule has 2 aromatic rings. The second kappa shape index (κ2) is 4.43. The number of aromatic nitrogens is 1. The summed E-state index contributed by atoms with van der Waals surface area (Å²) in [6, 6.07) is 8.48. The van der Waals surface area contributed by atoms with Gasteiger partial charge in [-0.2, -0.15) is 0 Å². The van der Waals surface area contributed by atoms with E-state index in [2.05, 4.69) is 29.2 Å². The van der Waals surface area contributed by atoms with Crippen molar-refractivity contribution in [2.75, 3.05) is 11.5 Å². The number of benzene rings is 1. The van der Waals surface area contributed by atoms with Gasteiger partial charge in [-0.05, 0) is 54.3 Å². The molecule has 1 N–H and O–H groups in total. The number of nitrogens with one attached hydrogen (secondary N) is 1. The highest BCUT2D eigenvalue weighted by molar-refractivity contribution is 7.91. The Morgan fingerprint density at radius 3 is 2.94 bits per heavy atom. The van der Waals surface area contributed by atoms with Crippen molar-refractivity contribution in [1.29, 1.82) is 0 Å². The number of hydrogen-bond acceptors (Lipinski definition) is 2. The number of rotatable bonds is 3. The highest BCUT2D eigenvalue weighted by Gasteiger charge is 2.27. The maximum Gasteiger partial charge on any atom is 0.150 e. The molecule has 0 bridgehead atoms. The maximum atomic E-state index is 11.4. The first kappa shape index (κ1) is 11.8. The normalized spacial score (nSPS) is 22.6. The van der Waals surface area contributed by atoms with Crippen LogP contribution in [0.2, 0.25) is 0 Å². The predicted molar refractivity (Wildman–Crippen MR) is 73.4 cm³/mol. The van der Waals surface area contributed by atoms with Gasteiger partial charge in [0, 0.05) is 11.7 Å². The Hall–Kier alpha value is -1.29. The van der Waals surface area contributed by atoms with Crippen molar-refractivity contribution in [3.8, 4) is 0 Å². The highest BCUT2D eigenvalue weighted by atomic mass is 32.2. The molecule has 1 aromatic carbocycles. The van der Waals surface area contributed by atoms with E-state index in [1.807, 2.05) is 6.20 Å². The van der Waals surface area contributed by atoms with Gasteiger partial charge in [-0.25, -0.2) is 8.42 Å². The number of fused-ring (bicyclic) bond motifs is 1. The summed E-state index contributed by atoms with van der Waals surface area (Å²) in [6.45, 7) is 0. The second-order valence-corrected chi connectivity index (χ2v) is 7.44. The van der Waals surface area contributed by atoms with Gasteiger partial charge in [-0.15, -0.1) is 0 Å². The molecule has 96 valence electrons. The van der Waals surface area contributed by atoms with Crippen molar-refractivity contribution >= 4 is 20.7 Å². The minimum atomic E-state index is -2.73. The topological polar surface area (TPSA) is 49.9 Å². The van der Waals surface area contributed by atoms with E-state index in [0.717, 1.165) is 24.8 Å². The Morgan fingerprint density at radius 2 is 2.17 bits per heavy atom. The fourth-order valence-electron chi connectivity index (χ4n) is 2.73. The third kappa shape index (κ3) is 2.43. The molecule has 0 spiro atoms. The molecule has 1 saturated heterocycles. The smallest absolute Gasteiger partial charge is 0.150 e. The van der Waals surface area contributed by atoms with E-state index >= 15 is 0 Å². The van der Waals surface area contributed by atoms with E-state index in [-0.39, 0.29) is 0 Å². The summed E-state index contributed by atoms with van der Waals surface area (Å²) in [5.74, 6) is 1.13. The Morgan fingerprint density at radius 1 is 1.28 bits per heavy atom. The zero-order valence-corrected chi connectivity index (χ0v) is 11.0. The third-order valence-corrected chi connectivity index (χ3v) is 5.62. The number of hydrogen-bond donors (Lipinski definition) is 1. The Bertz CT molecular complexity index is 657. The zero-order chi connectivity index (χ0) is 12.6. The molecule has 1 aromatic heterocycles. The van der Waals surface area contributed by atoms with Crippen LogP contribution in [-0.4, -0.2) is 24.9 Å². The predicted octanol–water partition coefficient (Wildman–Crippen LogP) is 2.54. The van der Waals surface area contributed by atoms with Crippen molar-refractivity contribution in [2.45, 2.75) is 19.3 Å². The Balaban J connectivity index is 1.66. The minimum absolute atomic E-state index is 0.358. The molecule has 2 heterocycles. The number of H-pyrrole nitrogens is 1. The summed E-state index contributed by atoms with van der Waals surface area (Å²) >= 11 is 0. The molecule has 0 saturated carbocycles. The first-order valence-corrected chi connectivity index (χ1v) is 8.21. The van der Waals surface area contributed by atoms with Crippen LogP contribution in [0.15, 0.2) is 30.5 Å². The molecular weight excluding hydrogens is 246 g/mol. The SMILES string of the molecule is O=S1(=O)CC[C@H](CCc2ccc3[nH]ccc3c2)C1. The highest BCUT2D eigenvalue weighted by Crippen LogP contribution is 2.24. The van der Waals surface area contributed by atoms with E-state index in [9.17, 15) is 8.42 Å². The molecule has 1 aliphatic rings. The van der Waals surface area contributed by atoms with Crippen molar-refractivity contribution in [2.24, 2.45) is 5.92 Å². The first-order chi connectivity index (χ1) is 8.62. The number of aryl methyl sites for hydroxylation is 1. The lowest BCUT2D eigenvalue weighted by molar-refractivity contribution is 0.542. The minimum Gasteiger partial charge on any atom is -0.361 e. The van der Waals surface area contributed by atoms with E-state index in [1.165, 1.54) is 10.9 Å². The van der Waals surface area contributed by atoms with Crippen molar-refractivity contribution in [3.05, 3.63) is 36.0 Å². The lowest BCUT2D eigenvalue weighted by Gasteiger charge is -2.07. The van der Waals surface area contributed by atoms with E-state index in [0.29, 0.717) is 17.4 Å². The van der Waals surface area contributed by atoms with Crippen LogP contribution < -0.4 is 0 Å². The average Bonchev–Trinajstić information content (AvgIpc) is 2.92. The van der Waals surface area contributed by atoms with Gasteiger partial charge in [0.2, 0.25) is 0 Å². The summed E-state index contributed by atoms with van der Waals surface area (Å²) in [5.41, 5.74) is 2.45. The maximum absolute atomic E-state index is 11.4. The molecule has 4 heteroatoms. The van der Waals surface area contributed by atoms with Crippen LogP contribution in [0, 0.1) is 5.92 Å². The number of sulfone groups is 1. The van der Waals surface area contributed by atoms with Gasteiger partial charge in [-0.1, -0.05) is 6.07 Å². The van der Waals surface area contributed by atoms with Crippen LogP contribution in [-0.2, 0) is 16.3 Å². The quantitative estimate of drug-likeness (QED) is 0.925. The fourth-order valence-corrected chi connectivity index (χ4v) is 4.64.